The summed E-state index contributed by atoms with van der Waals surface area (Å²) in [5.74, 6) is 0.303. The first kappa shape index (κ1) is 21.1. The van der Waals surface area contributed by atoms with Crippen LogP contribution in [0, 0.1) is 13.8 Å². The molecule has 152 valence electrons. The number of anilines is 1. The summed E-state index contributed by atoms with van der Waals surface area (Å²) in [6, 6.07) is 7.63. The Morgan fingerprint density at radius 2 is 2.00 bits per heavy atom. The third kappa shape index (κ3) is 5.04. The summed E-state index contributed by atoms with van der Waals surface area (Å²) in [7, 11) is 1.61. The number of esters is 1. The van der Waals surface area contributed by atoms with Crippen molar-refractivity contribution in [3.63, 3.8) is 0 Å². The van der Waals surface area contributed by atoms with Gasteiger partial charge < -0.3 is 14.8 Å². The topological polar surface area (TPSA) is 90.4 Å². The van der Waals surface area contributed by atoms with Crippen molar-refractivity contribution in [2.24, 2.45) is 0 Å². The predicted molar refractivity (Wildman–Crippen MR) is 115 cm³/mol. The maximum atomic E-state index is 12.4. The van der Waals surface area contributed by atoms with Gasteiger partial charge in [-0.1, -0.05) is 11.3 Å². The van der Waals surface area contributed by atoms with Gasteiger partial charge in [0, 0.05) is 16.0 Å². The lowest BCUT2D eigenvalue weighted by Crippen LogP contribution is -2.13. The highest BCUT2D eigenvalue weighted by atomic mass is 32.2. The van der Waals surface area contributed by atoms with Crippen LogP contribution in [-0.4, -0.2) is 41.3 Å². The Morgan fingerprint density at radius 3 is 2.72 bits per heavy atom. The molecule has 7 nitrogen and oxygen atoms in total. The summed E-state index contributed by atoms with van der Waals surface area (Å²) < 4.78 is 10.3. The number of rotatable bonds is 7. The smallest absolute Gasteiger partial charge is 0.350 e. The average molecular weight is 432 g/mol. The van der Waals surface area contributed by atoms with Crippen LogP contribution < -0.4 is 10.1 Å². The van der Waals surface area contributed by atoms with Gasteiger partial charge in [0.05, 0.1) is 30.7 Å². The van der Waals surface area contributed by atoms with Crippen LogP contribution in [0.25, 0.3) is 10.9 Å². The first-order valence-electron chi connectivity index (χ1n) is 8.93. The lowest BCUT2D eigenvalue weighted by molar-refractivity contribution is -0.113. The molecule has 3 rings (SSSR count). The Bertz CT molecular complexity index is 1070. The molecule has 1 N–H and O–H groups in total. The molecule has 0 saturated carbocycles. The molecule has 0 spiro atoms. The van der Waals surface area contributed by atoms with Gasteiger partial charge in [-0.05, 0) is 45.0 Å². The minimum Gasteiger partial charge on any atom is -0.497 e. The van der Waals surface area contributed by atoms with E-state index in [1.54, 1.807) is 21.0 Å². The Morgan fingerprint density at radius 1 is 1.21 bits per heavy atom. The van der Waals surface area contributed by atoms with E-state index in [0.29, 0.717) is 22.3 Å². The molecular weight excluding hydrogens is 410 g/mol. The predicted octanol–water partition coefficient (Wildman–Crippen LogP) is 4.22. The fourth-order valence-corrected chi connectivity index (χ4v) is 4.49. The number of hydrogen-bond acceptors (Lipinski definition) is 8. The number of nitrogens with zero attached hydrogens (tertiary/aromatic N) is 2. The standard InChI is InChI=1S/C20H21N3O4S2/c1-5-27-19(25)18-12(3)22-20(29-18)23-17(24)10-28-16-8-11(2)21-15-7-6-13(26-4)9-14(15)16/h6-9H,5,10H2,1-4H3,(H,22,23,24). The third-order valence-electron chi connectivity index (χ3n) is 3.97. The molecule has 2 heterocycles. The first-order valence-corrected chi connectivity index (χ1v) is 10.7. The Balaban J connectivity index is 1.71. The molecular formula is C20H21N3O4S2. The number of nitrogens with one attached hydrogen (secondary N) is 1. The van der Waals surface area contributed by atoms with E-state index < -0.39 is 5.97 Å². The zero-order valence-corrected chi connectivity index (χ0v) is 18.2. The largest absolute Gasteiger partial charge is 0.497 e. The molecule has 0 bridgehead atoms. The van der Waals surface area contributed by atoms with Gasteiger partial charge in [-0.3, -0.25) is 9.78 Å². The fourth-order valence-electron chi connectivity index (χ4n) is 2.68. The third-order valence-corrected chi connectivity index (χ3v) is 6.08. The summed E-state index contributed by atoms with van der Waals surface area (Å²) in [5.41, 5.74) is 2.27. The van der Waals surface area contributed by atoms with Crippen LogP contribution in [0.1, 0.15) is 28.0 Å². The van der Waals surface area contributed by atoms with E-state index in [0.717, 1.165) is 38.6 Å². The summed E-state index contributed by atoms with van der Waals surface area (Å²) in [4.78, 5) is 34.4. The van der Waals surface area contributed by atoms with Gasteiger partial charge in [-0.2, -0.15) is 0 Å². The van der Waals surface area contributed by atoms with Crippen molar-refractivity contribution >= 4 is 51.0 Å². The van der Waals surface area contributed by atoms with Gasteiger partial charge in [0.1, 0.15) is 10.6 Å². The Hall–Kier alpha value is -2.65. The lowest BCUT2D eigenvalue weighted by Gasteiger charge is -2.09. The number of fused-ring (bicyclic) bond motifs is 1. The molecule has 0 saturated heterocycles. The number of thioether (sulfide) groups is 1. The van der Waals surface area contributed by atoms with Crippen LogP contribution >= 0.6 is 23.1 Å². The van der Waals surface area contributed by atoms with Crippen molar-refractivity contribution in [3.8, 4) is 5.75 Å². The van der Waals surface area contributed by atoms with E-state index >= 15 is 0 Å². The highest BCUT2D eigenvalue weighted by Gasteiger charge is 2.18. The molecule has 0 unspecified atom stereocenters. The molecule has 29 heavy (non-hydrogen) atoms. The number of pyridine rings is 1. The van der Waals surface area contributed by atoms with Crippen molar-refractivity contribution in [3.05, 3.63) is 40.5 Å². The van der Waals surface area contributed by atoms with Crippen molar-refractivity contribution in [2.75, 3.05) is 24.8 Å². The number of carbonyl (C=O) groups excluding carboxylic acids is 2. The molecule has 1 aromatic carbocycles. The van der Waals surface area contributed by atoms with Crippen molar-refractivity contribution in [1.29, 1.82) is 0 Å². The van der Waals surface area contributed by atoms with Gasteiger partial charge in [0.15, 0.2) is 5.13 Å². The highest BCUT2D eigenvalue weighted by Crippen LogP contribution is 2.31. The molecule has 2 aromatic heterocycles. The van der Waals surface area contributed by atoms with E-state index in [1.165, 1.54) is 11.8 Å². The summed E-state index contributed by atoms with van der Waals surface area (Å²) in [6.45, 7) is 5.67. The fraction of sp³-hybridized carbons (Fsp3) is 0.300. The number of ether oxygens (including phenoxy) is 2. The zero-order valence-electron chi connectivity index (χ0n) is 16.6. The number of methoxy groups -OCH3 is 1. The van der Waals surface area contributed by atoms with E-state index in [9.17, 15) is 9.59 Å². The maximum absolute atomic E-state index is 12.4. The molecule has 9 heteroatoms. The second-order valence-electron chi connectivity index (χ2n) is 6.14. The zero-order chi connectivity index (χ0) is 21.0. The summed E-state index contributed by atoms with van der Waals surface area (Å²) in [5, 5.41) is 4.07. The number of carbonyl (C=O) groups is 2. The van der Waals surface area contributed by atoms with Crippen LogP contribution in [-0.2, 0) is 9.53 Å². The van der Waals surface area contributed by atoms with Gasteiger partial charge >= 0.3 is 5.97 Å². The van der Waals surface area contributed by atoms with E-state index in [2.05, 4.69) is 15.3 Å². The van der Waals surface area contributed by atoms with Crippen LogP contribution in [0.2, 0.25) is 0 Å². The first-order chi connectivity index (χ1) is 13.9. The quantitative estimate of drug-likeness (QED) is 0.442. The highest BCUT2D eigenvalue weighted by molar-refractivity contribution is 8.00. The average Bonchev–Trinajstić information content (AvgIpc) is 3.06. The molecule has 0 radical (unpaired) electrons. The molecule has 0 fully saturated rings. The number of benzene rings is 1. The molecule has 0 aliphatic rings. The van der Waals surface area contributed by atoms with Crippen molar-refractivity contribution < 1.29 is 19.1 Å². The summed E-state index contributed by atoms with van der Waals surface area (Å²) >= 11 is 2.53. The van der Waals surface area contributed by atoms with Crippen LogP contribution in [0.15, 0.2) is 29.2 Å². The monoisotopic (exact) mass is 431 g/mol. The van der Waals surface area contributed by atoms with Gasteiger partial charge in [0.2, 0.25) is 5.91 Å². The van der Waals surface area contributed by atoms with Crippen molar-refractivity contribution in [1.82, 2.24) is 9.97 Å². The second kappa shape index (κ2) is 9.23. The number of hydrogen-bond donors (Lipinski definition) is 1. The normalized spacial score (nSPS) is 10.8. The second-order valence-corrected chi connectivity index (χ2v) is 8.15. The number of amides is 1. The molecule has 3 aromatic rings. The van der Waals surface area contributed by atoms with Crippen LogP contribution in [0.5, 0.6) is 5.75 Å². The van der Waals surface area contributed by atoms with Crippen molar-refractivity contribution in [2.45, 2.75) is 25.7 Å². The molecule has 0 aliphatic carbocycles. The SMILES string of the molecule is CCOC(=O)c1sc(NC(=O)CSc2cc(C)nc3ccc(OC)cc23)nc1C. The number of aromatic nitrogens is 2. The molecule has 0 aliphatic heterocycles. The van der Waals surface area contributed by atoms with Gasteiger partial charge in [-0.25, -0.2) is 9.78 Å². The maximum Gasteiger partial charge on any atom is 0.350 e. The Labute approximate surface area is 176 Å². The number of thiazole rings is 1. The minimum absolute atomic E-state index is 0.198. The minimum atomic E-state index is -0.426. The Kier molecular flexibility index (Phi) is 6.71. The molecule has 1 amide bonds. The lowest BCUT2D eigenvalue weighted by atomic mass is 10.2. The van der Waals surface area contributed by atoms with E-state index in [4.69, 9.17) is 9.47 Å². The summed E-state index contributed by atoms with van der Waals surface area (Å²) in [6.07, 6.45) is 0. The van der Waals surface area contributed by atoms with E-state index in [-0.39, 0.29) is 11.7 Å². The van der Waals surface area contributed by atoms with Gasteiger partial charge in [0.25, 0.3) is 0 Å². The van der Waals surface area contributed by atoms with E-state index in [1.807, 2.05) is 31.2 Å². The van der Waals surface area contributed by atoms with Gasteiger partial charge in [-0.15, -0.1) is 11.8 Å². The molecule has 0 atom stereocenters. The van der Waals surface area contributed by atoms with Crippen LogP contribution in [0.3, 0.4) is 0 Å². The van der Waals surface area contributed by atoms with Crippen LogP contribution in [0.4, 0.5) is 5.13 Å². The number of aryl methyl sites for hydroxylation is 2.